The average Bonchev–Trinajstić information content (AvgIpc) is 2.27. The van der Waals surface area contributed by atoms with E-state index in [-0.39, 0.29) is 0 Å². The van der Waals surface area contributed by atoms with Crippen LogP contribution in [0.3, 0.4) is 0 Å². The van der Waals surface area contributed by atoms with Crippen molar-refractivity contribution in [1.29, 1.82) is 0 Å². The molecule has 11 heavy (non-hydrogen) atoms. The van der Waals surface area contributed by atoms with E-state index >= 15 is 0 Å². The molecule has 3 nitrogen and oxygen atoms in total. The summed E-state index contributed by atoms with van der Waals surface area (Å²) in [5, 5.41) is 0. The Labute approximate surface area is 68.0 Å². The summed E-state index contributed by atoms with van der Waals surface area (Å²) in [7, 11) is 0. The van der Waals surface area contributed by atoms with Gasteiger partial charge in [0.1, 0.15) is 5.75 Å². The van der Waals surface area contributed by atoms with Crippen LogP contribution >= 0.6 is 0 Å². The van der Waals surface area contributed by atoms with Gasteiger partial charge in [-0.05, 0) is 11.2 Å². The molecular weight excluding hydrogens is 162 g/mol. The maximum atomic E-state index is 11.1. The van der Waals surface area contributed by atoms with Gasteiger partial charge in [-0.3, -0.25) is 0 Å². The minimum Gasteiger partial charge on any atom is -0.616 e. The largest absolute Gasteiger partial charge is 0.616 e. The molecule has 0 N–H and O–H groups in total. The van der Waals surface area contributed by atoms with Gasteiger partial charge in [-0.25, -0.2) is 4.98 Å². The number of nitrogens with zero attached hydrogens (tertiary/aromatic N) is 1. The highest BCUT2D eigenvalue weighted by molar-refractivity contribution is 7.90. The van der Waals surface area contributed by atoms with Crippen LogP contribution < -0.4 is 0 Å². The first kappa shape index (κ1) is 7.18. The lowest BCUT2D eigenvalue weighted by molar-refractivity contribution is 0.482. The van der Waals surface area contributed by atoms with Crippen molar-refractivity contribution in [2.24, 2.45) is 0 Å². The van der Waals surface area contributed by atoms with E-state index in [0.717, 1.165) is 23.6 Å². The molecule has 1 aliphatic heterocycles. The van der Waals surface area contributed by atoms with Gasteiger partial charge in [0.15, 0.2) is 17.4 Å². The van der Waals surface area contributed by atoms with Crippen molar-refractivity contribution in [3.63, 3.8) is 0 Å². The fraction of sp³-hybridized carbons (Fsp3) is 0.571. The fourth-order valence-electron chi connectivity index (χ4n) is 1.25. The number of aromatic nitrogens is 1. The van der Waals surface area contributed by atoms with Crippen molar-refractivity contribution in [1.82, 2.24) is 4.98 Å². The zero-order valence-corrected chi connectivity index (χ0v) is 7.11. The molecule has 2 rings (SSSR count). The van der Waals surface area contributed by atoms with Crippen LogP contribution in [0.2, 0.25) is 0 Å². The Kier molecular flexibility index (Phi) is 1.65. The van der Waals surface area contributed by atoms with E-state index in [2.05, 4.69) is 4.98 Å². The van der Waals surface area contributed by atoms with Crippen LogP contribution in [-0.2, 0) is 23.3 Å². The molecule has 0 saturated carbocycles. The summed E-state index contributed by atoms with van der Waals surface area (Å²) in [5.41, 5.74) is 1.00. The number of fused-ring (bicyclic) bond motifs is 1. The monoisotopic (exact) mass is 171 g/mol. The zero-order valence-electron chi connectivity index (χ0n) is 6.29. The van der Waals surface area contributed by atoms with E-state index in [4.69, 9.17) is 4.42 Å². The third-order valence-corrected chi connectivity index (χ3v) is 2.99. The van der Waals surface area contributed by atoms with Crippen molar-refractivity contribution in [3.05, 3.63) is 17.3 Å². The molecule has 1 aliphatic rings. The number of rotatable bonds is 0. The quantitative estimate of drug-likeness (QED) is 0.542. The van der Waals surface area contributed by atoms with Crippen molar-refractivity contribution < 1.29 is 8.97 Å². The first-order chi connectivity index (χ1) is 5.25. The lowest BCUT2D eigenvalue weighted by Gasteiger charge is -2.13. The molecule has 4 heteroatoms. The van der Waals surface area contributed by atoms with E-state index in [1.165, 1.54) is 0 Å². The molecule has 0 bridgehead atoms. The van der Waals surface area contributed by atoms with Crippen LogP contribution in [0.5, 0.6) is 0 Å². The van der Waals surface area contributed by atoms with Gasteiger partial charge in [0.2, 0.25) is 0 Å². The smallest absolute Gasteiger partial charge is 0.191 e. The highest BCUT2D eigenvalue weighted by Gasteiger charge is 2.23. The van der Waals surface area contributed by atoms with Gasteiger partial charge in [-0.15, -0.1) is 0 Å². The molecular formula is C7H9NO2S. The van der Waals surface area contributed by atoms with Gasteiger partial charge in [-0.1, -0.05) is 0 Å². The summed E-state index contributed by atoms with van der Waals surface area (Å²) in [4.78, 5) is 4.18. The topological polar surface area (TPSA) is 49.1 Å². The summed E-state index contributed by atoms with van der Waals surface area (Å²) < 4.78 is 16.3. The number of aryl methyl sites for hydroxylation is 2. The second-order valence-electron chi connectivity index (χ2n) is 2.64. The molecule has 0 aliphatic carbocycles. The van der Waals surface area contributed by atoms with Crippen molar-refractivity contribution in [2.75, 3.05) is 5.75 Å². The van der Waals surface area contributed by atoms with Crippen molar-refractivity contribution >= 4 is 11.2 Å². The lowest BCUT2D eigenvalue weighted by Crippen LogP contribution is -2.17. The molecule has 1 unspecified atom stereocenters. The lowest BCUT2D eigenvalue weighted by atomic mass is 10.3. The summed E-state index contributed by atoms with van der Waals surface area (Å²) in [6, 6.07) is 0. The van der Waals surface area contributed by atoms with Crippen LogP contribution in [0, 0.1) is 6.92 Å². The van der Waals surface area contributed by atoms with Crippen molar-refractivity contribution in [3.8, 4) is 0 Å². The summed E-state index contributed by atoms with van der Waals surface area (Å²) in [5.74, 6) is 2.80. The predicted octanol–water partition coefficient (Wildman–Crippen LogP) is 0.788. The van der Waals surface area contributed by atoms with E-state index < -0.39 is 11.2 Å². The summed E-state index contributed by atoms with van der Waals surface area (Å²) in [6.45, 7) is 1.82. The van der Waals surface area contributed by atoms with E-state index in [1.807, 2.05) is 6.92 Å². The van der Waals surface area contributed by atoms with Gasteiger partial charge < -0.3 is 8.97 Å². The maximum Gasteiger partial charge on any atom is 0.191 e. The van der Waals surface area contributed by atoms with E-state index in [1.54, 1.807) is 0 Å². The van der Waals surface area contributed by atoms with E-state index in [0.29, 0.717) is 11.6 Å². The average molecular weight is 171 g/mol. The van der Waals surface area contributed by atoms with Crippen LogP contribution in [0.25, 0.3) is 0 Å². The Morgan fingerprint density at radius 2 is 2.45 bits per heavy atom. The first-order valence-electron chi connectivity index (χ1n) is 3.56. The number of hydrogen-bond donors (Lipinski definition) is 0. The summed E-state index contributed by atoms with van der Waals surface area (Å²) in [6.07, 6.45) is 0.805. The second-order valence-corrected chi connectivity index (χ2v) is 4.22. The minimum absolute atomic E-state index is 0.552. The van der Waals surface area contributed by atoms with Crippen LogP contribution in [-0.4, -0.2) is 15.3 Å². The SMILES string of the molecule is Cc1nc2c(o1)C[S+]([O-])CC2. The van der Waals surface area contributed by atoms with Crippen LogP contribution in [0.1, 0.15) is 17.3 Å². The highest BCUT2D eigenvalue weighted by Crippen LogP contribution is 2.20. The standard InChI is InChI=1S/C7H9NO2S/c1-5-8-6-2-3-11(9)4-7(6)10-5/h2-4H2,1H3. The first-order valence-corrected chi connectivity index (χ1v) is 5.04. The van der Waals surface area contributed by atoms with E-state index in [9.17, 15) is 4.55 Å². The fourth-order valence-corrected chi connectivity index (χ4v) is 2.33. The van der Waals surface area contributed by atoms with Gasteiger partial charge >= 0.3 is 0 Å². The Bertz CT molecular complexity index is 271. The molecule has 60 valence electrons. The normalized spacial score (nSPS) is 23.3. The minimum atomic E-state index is -0.722. The third kappa shape index (κ3) is 1.28. The second kappa shape index (κ2) is 2.53. The molecule has 0 radical (unpaired) electrons. The molecule has 0 saturated heterocycles. The maximum absolute atomic E-state index is 11.1. The zero-order chi connectivity index (χ0) is 7.84. The predicted molar refractivity (Wildman–Crippen MR) is 41.7 cm³/mol. The molecule has 0 aromatic carbocycles. The van der Waals surface area contributed by atoms with Crippen molar-refractivity contribution in [2.45, 2.75) is 19.1 Å². The summed E-state index contributed by atoms with van der Waals surface area (Å²) >= 11 is -0.722. The van der Waals surface area contributed by atoms with Gasteiger partial charge in [0.25, 0.3) is 0 Å². The Morgan fingerprint density at radius 1 is 1.64 bits per heavy atom. The van der Waals surface area contributed by atoms with Crippen LogP contribution in [0.15, 0.2) is 4.42 Å². The number of oxazole rings is 1. The molecule has 1 aromatic rings. The third-order valence-electron chi connectivity index (χ3n) is 1.74. The Hall–Kier alpha value is -0.480. The molecule has 1 atom stereocenters. The molecule has 0 spiro atoms. The Morgan fingerprint density at radius 3 is 3.27 bits per heavy atom. The highest BCUT2D eigenvalue weighted by atomic mass is 32.2. The molecule has 0 fully saturated rings. The molecule has 2 heterocycles. The molecule has 1 aromatic heterocycles. The van der Waals surface area contributed by atoms with Gasteiger partial charge in [0, 0.05) is 13.3 Å². The van der Waals surface area contributed by atoms with Gasteiger partial charge in [0.05, 0.1) is 5.69 Å². The van der Waals surface area contributed by atoms with Crippen LogP contribution in [0.4, 0.5) is 0 Å². The Balaban J connectivity index is 2.34. The number of hydrogen-bond acceptors (Lipinski definition) is 3. The van der Waals surface area contributed by atoms with Gasteiger partial charge in [-0.2, -0.15) is 0 Å². The molecule has 0 amide bonds.